The van der Waals surface area contributed by atoms with E-state index in [9.17, 15) is 9.59 Å². The van der Waals surface area contributed by atoms with Crippen LogP contribution in [0.3, 0.4) is 0 Å². The monoisotopic (exact) mass is 454 g/mol. The fourth-order valence-corrected chi connectivity index (χ4v) is 4.30. The number of hydrogen-bond donors (Lipinski definition) is 1. The maximum absolute atomic E-state index is 13.6. The van der Waals surface area contributed by atoms with Crippen LogP contribution >= 0.6 is 11.6 Å². The molecular formula is C26H19ClN4O2. The van der Waals surface area contributed by atoms with Gasteiger partial charge in [-0.25, -0.2) is 0 Å². The third-order valence-corrected chi connectivity index (χ3v) is 5.94. The van der Waals surface area contributed by atoms with E-state index in [1.54, 1.807) is 16.7 Å². The van der Waals surface area contributed by atoms with Crippen LogP contribution in [0.1, 0.15) is 29.0 Å². The maximum Gasteiger partial charge on any atom is 0.264 e. The highest BCUT2D eigenvalue weighted by Crippen LogP contribution is 2.26. The first-order valence-electron chi connectivity index (χ1n) is 10.5. The Labute approximate surface area is 194 Å². The first-order chi connectivity index (χ1) is 16.0. The van der Waals surface area contributed by atoms with Crippen molar-refractivity contribution in [3.63, 3.8) is 0 Å². The van der Waals surface area contributed by atoms with Gasteiger partial charge in [-0.3, -0.25) is 14.2 Å². The Morgan fingerprint density at radius 1 is 1.00 bits per heavy atom. The minimum atomic E-state index is -0.485. The Bertz CT molecular complexity index is 1560. The zero-order chi connectivity index (χ0) is 22.9. The molecule has 0 radical (unpaired) electrons. The van der Waals surface area contributed by atoms with Crippen molar-refractivity contribution in [2.45, 2.75) is 13.0 Å². The van der Waals surface area contributed by atoms with E-state index in [2.05, 4.69) is 15.5 Å². The van der Waals surface area contributed by atoms with Crippen LogP contribution in [0.25, 0.3) is 27.4 Å². The fourth-order valence-electron chi connectivity index (χ4n) is 4.04. The summed E-state index contributed by atoms with van der Waals surface area (Å²) in [5, 5.41) is 13.3. The molecule has 6 nitrogen and oxygen atoms in total. The van der Waals surface area contributed by atoms with Gasteiger partial charge in [0.05, 0.1) is 33.7 Å². The lowest BCUT2D eigenvalue weighted by atomic mass is 10.1. The average Bonchev–Trinajstić information content (AvgIpc) is 2.84. The molecule has 0 spiro atoms. The number of carbonyl (C=O) groups excluding carboxylic acids is 1. The highest BCUT2D eigenvalue weighted by molar-refractivity contribution is 6.35. The Morgan fingerprint density at radius 2 is 1.76 bits per heavy atom. The number of rotatable bonds is 4. The number of aromatic nitrogens is 3. The van der Waals surface area contributed by atoms with Gasteiger partial charge in [-0.1, -0.05) is 60.1 Å². The fraction of sp³-hybridized carbons (Fsp3) is 0.0769. The summed E-state index contributed by atoms with van der Waals surface area (Å²) in [5.41, 5.74) is 2.15. The molecule has 2 aromatic heterocycles. The molecular weight excluding hydrogens is 436 g/mol. The standard InChI is InChI=1S/C26H19ClN4O2/c1-16(29-25(32)20-15-28-30-22-13-6-5-11-19(20)22)23-14-17-8-7-12-21(27)24(17)26(33)31(23)18-9-3-2-4-10-18/h2-16H,1H3,(H,29,32). The molecule has 5 rings (SSSR count). The quantitative estimate of drug-likeness (QED) is 0.411. The Morgan fingerprint density at radius 3 is 2.58 bits per heavy atom. The summed E-state index contributed by atoms with van der Waals surface area (Å²) in [6.45, 7) is 1.85. The van der Waals surface area contributed by atoms with Gasteiger partial charge in [0.1, 0.15) is 0 Å². The molecule has 3 aromatic carbocycles. The summed E-state index contributed by atoms with van der Waals surface area (Å²) >= 11 is 6.38. The van der Waals surface area contributed by atoms with Crippen molar-refractivity contribution in [2.75, 3.05) is 0 Å². The molecule has 0 aliphatic rings. The van der Waals surface area contributed by atoms with Crippen molar-refractivity contribution in [2.24, 2.45) is 0 Å². The Balaban J connectivity index is 1.63. The summed E-state index contributed by atoms with van der Waals surface area (Å²) in [5.74, 6) is -0.299. The van der Waals surface area contributed by atoms with Crippen LogP contribution < -0.4 is 10.9 Å². The Kier molecular flexibility index (Phi) is 5.36. The van der Waals surface area contributed by atoms with E-state index >= 15 is 0 Å². The highest BCUT2D eigenvalue weighted by Gasteiger charge is 2.20. The molecule has 0 aliphatic carbocycles. The highest BCUT2D eigenvalue weighted by atomic mass is 35.5. The topological polar surface area (TPSA) is 76.9 Å². The molecule has 1 atom stereocenters. The third kappa shape index (κ3) is 3.75. The van der Waals surface area contributed by atoms with Gasteiger partial charge in [0, 0.05) is 16.8 Å². The van der Waals surface area contributed by atoms with Gasteiger partial charge in [0.15, 0.2) is 0 Å². The van der Waals surface area contributed by atoms with Gasteiger partial charge in [-0.05, 0) is 42.6 Å². The third-order valence-electron chi connectivity index (χ3n) is 5.62. The van der Waals surface area contributed by atoms with Gasteiger partial charge >= 0.3 is 0 Å². The number of carbonyl (C=O) groups is 1. The minimum absolute atomic E-state index is 0.239. The minimum Gasteiger partial charge on any atom is -0.344 e. The lowest BCUT2D eigenvalue weighted by Crippen LogP contribution is -2.32. The predicted molar refractivity (Wildman–Crippen MR) is 130 cm³/mol. The second kappa shape index (κ2) is 8.48. The smallest absolute Gasteiger partial charge is 0.264 e. The first-order valence-corrected chi connectivity index (χ1v) is 10.8. The van der Waals surface area contributed by atoms with E-state index in [0.29, 0.717) is 43.6 Å². The van der Waals surface area contributed by atoms with Crippen LogP contribution in [-0.4, -0.2) is 20.7 Å². The van der Waals surface area contributed by atoms with E-state index in [-0.39, 0.29) is 11.5 Å². The lowest BCUT2D eigenvalue weighted by Gasteiger charge is -2.21. The number of amides is 1. The SMILES string of the molecule is CC(NC(=O)c1cnnc2ccccc12)c1cc2cccc(Cl)c2c(=O)n1-c1ccccc1. The summed E-state index contributed by atoms with van der Waals surface area (Å²) in [6.07, 6.45) is 1.45. The van der Waals surface area contributed by atoms with E-state index in [1.165, 1.54) is 6.20 Å². The molecule has 0 saturated carbocycles. The van der Waals surface area contributed by atoms with Crippen molar-refractivity contribution < 1.29 is 4.79 Å². The number of halogens is 1. The number of fused-ring (bicyclic) bond motifs is 2. The molecule has 1 amide bonds. The molecule has 2 heterocycles. The molecule has 1 N–H and O–H groups in total. The molecule has 7 heteroatoms. The normalized spacial score (nSPS) is 12.1. The van der Waals surface area contributed by atoms with E-state index in [0.717, 1.165) is 0 Å². The van der Waals surface area contributed by atoms with E-state index in [1.807, 2.05) is 73.7 Å². The van der Waals surface area contributed by atoms with Gasteiger partial charge in [0.2, 0.25) is 0 Å². The lowest BCUT2D eigenvalue weighted by molar-refractivity contribution is 0.0940. The van der Waals surface area contributed by atoms with Crippen LogP contribution in [0.4, 0.5) is 0 Å². The van der Waals surface area contributed by atoms with E-state index < -0.39 is 6.04 Å². The molecule has 33 heavy (non-hydrogen) atoms. The molecule has 5 aromatic rings. The predicted octanol–water partition coefficient (Wildman–Crippen LogP) is 5.08. The number of nitrogens with zero attached hydrogens (tertiary/aromatic N) is 3. The molecule has 1 unspecified atom stereocenters. The summed E-state index contributed by atoms with van der Waals surface area (Å²) < 4.78 is 1.60. The van der Waals surface area contributed by atoms with Crippen molar-refractivity contribution in [3.05, 3.63) is 112 Å². The van der Waals surface area contributed by atoms with Crippen LogP contribution in [0.2, 0.25) is 5.02 Å². The second-order valence-corrected chi connectivity index (χ2v) is 8.13. The summed E-state index contributed by atoms with van der Waals surface area (Å²) in [4.78, 5) is 26.8. The number of benzene rings is 3. The largest absolute Gasteiger partial charge is 0.344 e. The van der Waals surface area contributed by atoms with Crippen LogP contribution in [0, 0.1) is 0 Å². The molecule has 0 fully saturated rings. The van der Waals surface area contributed by atoms with Crippen molar-refractivity contribution in [1.29, 1.82) is 0 Å². The van der Waals surface area contributed by atoms with Gasteiger partial charge < -0.3 is 5.32 Å². The van der Waals surface area contributed by atoms with E-state index in [4.69, 9.17) is 11.6 Å². The van der Waals surface area contributed by atoms with Crippen molar-refractivity contribution >= 4 is 39.2 Å². The van der Waals surface area contributed by atoms with Crippen molar-refractivity contribution in [3.8, 4) is 5.69 Å². The summed E-state index contributed by atoms with van der Waals surface area (Å²) in [7, 11) is 0. The van der Waals surface area contributed by atoms with Crippen molar-refractivity contribution in [1.82, 2.24) is 20.1 Å². The Hall–Kier alpha value is -4.03. The van der Waals surface area contributed by atoms with Crippen LogP contribution in [0.15, 0.2) is 89.9 Å². The summed E-state index contributed by atoms with van der Waals surface area (Å²) in [6, 6.07) is 23.4. The zero-order valence-electron chi connectivity index (χ0n) is 17.7. The number of hydrogen-bond acceptors (Lipinski definition) is 4. The second-order valence-electron chi connectivity index (χ2n) is 7.72. The molecule has 0 bridgehead atoms. The molecule has 0 aliphatic heterocycles. The maximum atomic E-state index is 13.6. The van der Waals surface area contributed by atoms with Gasteiger partial charge in [-0.15, -0.1) is 0 Å². The van der Waals surface area contributed by atoms with Crippen LogP contribution in [0.5, 0.6) is 0 Å². The van der Waals surface area contributed by atoms with Gasteiger partial charge in [-0.2, -0.15) is 10.2 Å². The number of para-hydroxylation sites is 1. The zero-order valence-corrected chi connectivity index (χ0v) is 18.5. The molecule has 162 valence electrons. The number of nitrogens with one attached hydrogen (secondary N) is 1. The number of pyridine rings is 1. The molecule has 0 saturated heterocycles. The first kappa shape index (κ1) is 20.8. The van der Waals surface area contributed by atoms with Crippen LogP contribution in [-0.2, 0) is 0 Å². The van der Waals surface area contributed by atoms with Gasteiger partial charge in [0.25, 0.3) is 11.5 Å². The average molecular weight is 455 g/mol.